The Hall–Kier alpha value is -1.19. The number of fused-ring (bicyclic) bond motifs is 1. The highest BCUT2D eigenvalue weighted by atomic mass is 16.7. The number of hydrogen-bond acceptors (Lipinski definition) is 4. The first-order chi connectivity index (χ1) is 8.47. The van der Waals surface area contributed by atoms with Gasteiger partial charge < -0.3 is 9.63 Å². The maximum Gasteiger partial charge on any atom is 0.203 e. The molecule has 2 atom stereocenters. The van der Waals surface area contributed by atoms with Crippen LogP contribution in [0.1, 0.15) is 52.9 Å². The summed E-state index contributed by atoms with van der Waals surface area (Å²) in [4.78, 5) is 28.9. The van der Waals surface area contributed by atoms with E-state index in [9.17, 15) is 9.59 Å². The van der Waals surface area contributed by atoms with Crippen molar-refractivity contribution >= 4 is 17.3 Å². The molecule has 100 valence electrons. The van der Waals surface area contributed by atoms with Crippen molar-refractivity contribution < 1.29 is 14.4 Å². The van der Waals surface area contributed by atoms with Gasteiger partial charge in [0, 0.05) is 12.8 Å². The van der Waals surface area contributed by atoms with Crippen LogP contribution < -0.4 is 0 Å². The van der Waals surface area contributed by atoms with Gasteiger partial charge in [-0.25, -0.2) is 0 Å². The van der Waals surface area contributed by atoms with E-state index >= 15 is 0 Å². The third-order valence-corrected chi connectivity index (χ3v) is 4.04. The number of carbonyl (C=O) groups is 2. The van der Waals surface area contributed by atoms with Crippen molar-refractivity contribution in [2.24, 2.45) is 17.0 Å². The molecule has 0 aromatic heterocycles. The molecular formula is C14H21NO3. The van der Waals surface area contributed by atoms with Crippen LogP contribution >= 0.6 is 0 Å². The van der Waals surface area contributed by atoms with E-state index in [0.29, 0.717) is 12.3 Å². The molecule has 0 N–H and O–H groups in total. The molecule has 1 heterocycles. The third-order valence-electron chi connectivity index (χ3n) is 4.04. The van der Waals surface area contributed by atoms with Gasteiger partial charge in [0.25, 0.3) is 0 Å². The number of ketones is 2. The van der Waals surface area contributed by atoms with E-state index in [1.54, 1.807) is 0 Å². The molecule has 0 aromatic carbocycles. The predicted octanol–water partition coefficient (Wildman–Crippen LogP) is 2.51. The molecule has 0 spiro atoms. The molecule has 1 aliphatic heterocycles. The number of nitrogens with zero attached hydrogens (tertiary/aromatic N) is 1. The van der Waals surface area contributed by atoms with Crippen molar-refractivity contribution in [3.63, 3.8) is 0 Å². The van der Waals surface area contributed by atoms with Gasteiger partial charge in [0.2, 0.25) is 5.60 Å². The molecule has 2 aliphatic rings. The molecule has 1 saturated carbocycles. The van der Waals surface area contributed by atoms with Crippen LogP contribution in [0.5, 0.6) is 0 Å². The van der Waals surface area contributed by atoms with Gasteiger partial charge in [-0.3, -0.25) is 4.79 Å². The van der Waals surface area contributed by atoms with Gasteiger partial charge in [0.05, 0.1) is 11.6 Å². The molecule has 18 heavy (non-hydrogen) atoms. The van der Waals surface area contributed by atoms with Crippen LogP contribution in [-0.2, 0) is 14.4 Å². The summed E-state index contributed by atoms with van der Waals surface area (Å²) >= 11 is 0. The van der Waals surface area contributed by atoms with E-state index in [0.717, 1.165) is 25.0 Å². The Balaban J connectivity index is 2.12. The number of hydrogen-bond donors (Lipinski definition) is 0. The molecule has 2 rings (SSSR count). The zero-order valence-electron chi connectivity index (χ0n) is 11.4. The van der Waals surface area contributed by atoms with Gasteiger partial charge in [-0.2, -0.15) is 0 Å². The lowest BCUT2D eigenvalue weighted by molar-refractivity contribution is -0.144. The van der Waals surface area contributed by atoms with Crippen molar-refractivity contribution in [1.82, 2.24) is 0 Å². The minimum absolute atomic E-state index is 0.0531. The van der Waals surface area contributed by atoms with Crippen LogP contribution in [0.25, 0.3) is 0 Å². The molecule has 2 unspecified atom stereocenters. The first kappa shape index (κ1) is 13.2. The highest BCUT2D eigenvalue weighted by Crippen LogP contribution is 2.46. The van der Waals surface area contributed by atoms with Crippen molar-refractivity contribution in [3.05, 3.63) is 0 Å². The average molecular weight is 251 g/mol. The largest absolute Gasteiger partial charge is 0.381 e. The third kappa shape index (κ3) is 2.08. The lowest BCUT2D eigenvalue weighted by atomic mass is 9.79. The first-order valence-corrected chi connectivity index (χ1v) is 6.76. The molecule has 4 heteroatoms. The number of oxime groups is 1. The van der Waals surface area contributed by atoms with E-state index in [4.69, 9.17) is 4.84 Å². The maximum absolute atomic E-state index is 12.4. The van der Waals surface area contributed by atoms with E-state index in [1.165, 1.54) is 6.92 Å². The second-order valence-corrected chi connectivity index (χ2v) is 5.72. The van der Waals surface area contributed by atoms with Gasteiger partial charge in [0.1, 0.15) is 5.78 Å². The Morgan fingerprint density at radius 1 is 1.44 bits per heavy atom. The first-order valence-electron chi connectivity index (χ1n) is 6.76. The Morgan fingerprint density at radius 2 is 2.17 bits per heavy atom. The average Bonchev–Trinajstić information content (AvgIpc) is 2.83. The van der Waals surface area contributed by atoms with Crippen LogP contribution in [-0.4, -0.2) is 22.9 Å². The molecular weight excluding hydrogens is 230 g/mol. The molecule has 1 aliphatic carbocycles. The van der Waals surface area contributed by atoms with Crippen LogP contribution in [0.2, 0.25) is 0 Å². The van der Waals surface area contributed by atoms with E-state index < -0.39 is 5.60 Å². The lowest BCUT2D eigenvalue weighted by Crippen LogP contribution is -2.43. The van der Waals surface area contributed by atoms with Gasteiger partial charge in [-0.1, -0.05) is 19.0 Å². The van der Waals surface area contributed by atoms with Crippen LogP contribution in [0.15, 0.2) is 5.16 Å². The van der Waals surface area contributed by atoms with Crippen molar-refractivity contribution in [2.75, 3.05) is 0 Å². The highest BCUT2D eigenvalue weighted by Gasteiger charge is 2.56. The summed E-state index contributed by atoms with van der Waals surface area (Å²) in [5, 5.41) is 4.15. The monoisotopic (exact) mass is 251 g/mol. The van der Waals surface area contributed by atoms with Gasteiger partial charge in [-0.15, -0.1) is 0 Å². The normalized spacial score (nSPS) is 30.0. The van der Waals surface area contributed by atoms with Crippen molar-refractivity contribution in [1.29, 1.82) is 0 Å². The van der Waals surface area contributed by atoms with Crippen molar-refractivity contribution in [2.45, 2.75) is 58.5 Å². The fraction of sp³-hybridized carbons (Fsp3) is 0.786. The van der Waals surface area contributed by atoms with Crippen LogP contribution in [0.3, 0.4) is 0 Å². The molecule has 0 bridgehead atoms. The standard InChI is InChI=1S/C14H21NO3/c1-9(2)13-11-5-4-8-14(11,18-15-13)12(17)7-6-10(3)16/h9,11H,4-8H2,1-3H3. The smallest absolute Gasteiger partial charge is 0.203 e. The zero-order valence-corrected chi connectivity index (χ0v) is 11.4. The van der Waals surface area contributed by atoms with E-state index in [2.05, 4.69) is 19.0 Å². The van der Waals surface area contributed by atoms with E-state index in [1.807, 2.05) is 0 Å². The summed E-state index contributed by atoms with van der Waals surface area (Å²) < 4.78 is 0. The summed E-state index contributed by atoms with van der Waals surface area (Å²) in [6.07, 6.45) is 3.32. The summed E-state index contributed by atoms with van der Waals surface area (Å²) in [6.45, 7) is 5.68. The van der Waals surface area contributed by atoms with Gasteiger partial charge >= 0.3 is 0 Å². The fourth-order valence-corrected chi connectivity index (χ4v) is 3.06. The fourth-order valence-electron chi connectivity index (χ4n) is 3.06. The molecule has 0 aromatic rings. The molecule has 1 fully saturated rings. The molecule has 4 nitrogen and oxygen atoms in total. The second kappa shape index (κ2) is 4.82. The minimum Gasteiger partial charge on any atom is -0.381 e. The Kier molecular flexibility index (Phi) is 3.55. The van der Waals surface area contributed by atoms with Gasteiger partial charge in [-0.05, 0) is 32.1 Å². The zero-order chi connectivity index (χ0) is 13.3. The Morgan fingerprint density at radius 3 is 2.78 bits per heavy atom. The summed E-state index contributed by atoms with van der Waals surface area (Å²) in [5.41, 5.74) is 0.276. The maximum atomic E-state index is 12.4. The van der Waals surface area contributed by atoms with Gasteiger partial charge in [0.15, 0.2) is 5.78 Å². The quantitative estimate of drug-likeness (QED) is 0.754. The number of Topliss-reactive ketones (excluding diaryl/α,β-unsaturated/α-hetero) is 2. The summed E-state index contributed by atoms with van der Waals surface area (Å²) in [7, 11) is 0. The minimum atomic E-state index is -0.741. The van der Waals surface area contributed by atoms with Crippen molar-refractivity contribution in [3.8, 4) is 0 Å². The Bertz CT molecular complexity index is 400. The molecule has 0 radical (unpaired) electrons. The number of rotatable bonds is 5. The summed E-state index contributed by atoms with van der Waals surface area (Å²) in [5.74, 6) is 0.560. The lowest BCUT2D eigenvalue weighted by Gasteiger charge is -2.25. The van der Waals surface area contributed by atoms with E-state index in [-0.39, 0.29) is 23.9 Å². The summed E-state index contributed by atoms with van der Waals surface area (Å²) in [6, 6.07) is 0. The Labute approximate surface area is 108 Å². The molecule has 0 amide bonds. The van der Waals surface area contributed by atoms with Crippen LogP contribution in [0.4, 0.5) is 0 Å². The molecule has 0 saturated heterocycles. The number of carbonyl (C=O) groups excluding carboxylic acids is 2. The van der Waals surface area contributed by atoms with Crippen LogP contribution in [0, 0.1) is 11.8 Å². The topological polar surface area (TPSA) is 55.7 Å². The predicted molar refractivity (Wildman–Crippen MR) is 68.4 cm³/mol. The highest BCUT2D eigenvalue weighted by molar-refractivity contribution is 6.00. The SMILES string of the molecule is CC(=O)CCC(=O)C12CCCC1C(C(C)C)=NO2. The second-order valence-electron chi connectivity index (χ2n) is 5.72.